The van der Waals surface area contributed by atoms with Crippen molar-refractivity contribution in [2.45, 2.75) is 99.3 Å². The normalized spacial score (nSPS) is 14.8. The van der Waals surface area contributed by atoms with E-state index in [4.69, 9.17) is 22.1 Å². The van der Waals surface area contributed by atoms with Crippen LogP contribution in [0.2, 0.25) is 0 Å². The average Bonchev–Trinajstić information content (AvgIpc) is 3.68. The van der Waals surface area contributed by atoms with E-state index in [1.807, 2.05) is 31.2 Å². The van der Waals surface area contributed by atoms with Gasteiger partial charge in [-0.2, -0.15) is 0 Å². The van der Waals surface area contributed by atoms with Gasteiger partial charge in [0.05, 0.1) is 44.7 Å². The summed E-state index contributed by atoms with van der Waals surface area (Å²) < 4.78 is 94.7. The standard InChI is InChI=1S/C58H61N3O/c1-36-17-19-39(20-18-36)41-27-28-59-50(34-41)43-31-42(32-46(33-43)58(10,11)12)48-15-14-16-51-53(48)60-55(49-30-37(2)29-38(3)54(49)62-13)61(51)52-35-45(57(7,8)9)25-26-47(52)40-21-23-44(24-22-40)56(4,5)6/h14-35H,1-13H3/i1D3,17D,18D,19D,20D,27D,28D,34D. The van der Waals surface area contributed by atoms with Crippen LogP contribution < -0.4 is 4.74 Å². The zero-order valence-electron chi connectivity index (χ0n) is 47.9. The first kappa shape index (κ1) is 31.6. The quantitative estimate of drug-likeness (QED) is 0.161. The number of rotatable bonds is 7. The zero-order valence-corrected chi connectivity index (χ0v) is 37.9. The largest absolute Gasteiger partial charge is 0.496 e. The van der Waals surface area contributed by atoms with E-state index in [1.165, 1.54) is 5.56 Å². The molecular formula is C58H61N3O. The van der Waals surface area contributed by atoms with E-state index in [9.17, 15) is 1.37 Å². The summed E-state index contributed by atoms with van der Waals surface area (Å²) in [5.41, 5.74) is 10.2. The van der Waals surface area contributed by atoms with Gasteiger partial charge in [0, 0.05) is 27.0 Å². The summed E-state index contributed by atoms with van der Waals surface area (Å²) in [7, 11) is 1.68. The Morgan fingerprint density at radius 1 is 0.581 bits per heavy atom. The lowest BCUT2D eigenvalue weighted by Crippen LogP contribution is -2.13. The van der Waals surface area contributed by atoms with Crippen molar-refractivity contribution in [3.8, 4) is 67.5 Å². The van der Waals surface area contributed by atoms with Crippen molar-refractivity contribution in [1.29, 1.82) is 0 Å². The van der Waals surface area contributed by atoms with Gasteiger partial charge in [-0.05, 0) is 129 Å². The first-order valence-corrected chi connectivity index (χ1v) is 21.1. The molecular weight excluding hydrogens is 755 g/mol. The summed E-state index contributed by atoms with van der Waals surface area (Å²) in [5.74, 6) is 1.36. The molecule has 314 valence electrons. The minimum Gasteiger partial charge on any atom is -0.496 e. The highest BCUT2D eigenvalue weighted by molar-refractivity contribution is 5.98. The Bertz CT molecular complexity index is 3450. The summed E-state index contributed by atoms with van der Waals surface area (Å²) in [6, 6.07) is 27.5. The van der Waals surface area contributed by atoms with Crippen LogP contribution in [0.25, 0.3) is 72.7 Å². The summed E-state index contributed by atoms with van der Waals surface area (Å²) >= 11 is 0. The summed E-state index contributed by atoms with van der Waals surface area (Å²) in [6.45, 7) is 20.6. The maximum atomic E-state index is 9.60. The number of aromatic nitrogens is 3. The van der Waals surface area contributed by atoms with Gasteiger partial charge in [0.1, 0.15) is 11.6 Å². The van der Waals surface area contributed by atoms with Gasteiger partial charge in [0.15, 0.2) is 0 Å². The first-order chi connectivity index (χ1) is 33.4. The second-order valence-corrected chi connectivity index (χ2v) is 19.4. The molecule has 0 aliphatic carbocycles. The van der Waals surface area contributed by atoms with Crippen molar-refractivity contribution in [2.75, 3.05) is 7.11 Å². The van der Waals surface area contributed by atoms with Crippen LogP contribution in [0, 0.1) is 20.7 Å². The number of aryl methyl sites for hydroxylation is 2. The number of hydrogen-bond acceptors (Lipinski definition) is 3. The fraction of sp³-hybridized carbons (Fsp3) is 0.276. The van der Waals surface area contributed by atoms with Crippen LogP contribution in [0.15, 0.2) is 133 Å². The van der Waals surface area contributed by atoms with E-state index in [0.29, 0.717) is 22.7 Å². The number of pyridine rings is 1. The number of benzene rings is 6. The Morgan fingerprint density at radius 3 is 1.92 bits per heavy atom. The highest BCUT2D eigenvalue weighted by atomic mass is 16.5. The smallest absolute Gasteiger partial charge is 0.149 e. The molecule has 0 aliphatic heterocycles. The Morgan fingerprint density at radius 2 is 1.26 bits per heavy atom. The molecule has 0 fully saturated rings. The molecule has 8 aromatic rings. The molecule has 4 nitrogen and oxygen atoms in total. The molecule has 8 rings (SSSR count). The van der Waals surface area contributed by atoms with Crippen LogP contribution in [0.3, 0.4) is 0 Å². The van der Waals surface area contributed by atoms with Gasteiger partial charge in [-0.1, -0.05) is 153 Å². The van der Waals surface area contributed by atoms with Crippen LogP contribution >= 0.6 is 0 Å². The lowest BCUT2D eigenvalue weighted by atomic mass is 9.83. The fourth-order valence-corrected chi connectivity index (χ4v) is 8.09. The highest BCUT2D eigenvalue weighted by Gasteiger charge is 2.26. The molecule has 0 saturated carbocycles. The van der Waals surface area contributed by atoms with Crippen molar-refractivity contribution < 1.29 is 18.4 Å². The molecule has 0 saturated heterocycles. The Hall–Kier alpha value is -6.26. The predicted molar refractivity (Wildman–Crippen MR) is 263 cm³/mol. The molecule has 0 amide bonds. The van der Waals surface area contributed by atoms with E-state index in [0.717, 1.165) is 61.3 Å². The maximum Gasteiger partial charge on any atom is 0.149 e. The molecule has 62 heavy (non-hydrogen) atoms. The third-order valence-electron chi connectivity index (χ3n) is 11.6. The van der Waals surface area contributed by atoms with Crippen LogP contribution in [0.5, 0.6) is 5.75 Å². The van der Waals surface area contributed by atoms with Gasteiger partial charge in [-0.3, -0.25) is 9.55 Å². The lowest BCUT2D eigenvalue weighted by molar-refractivity contribution is 0.413. The highest BCUT2D eigenvalue weighted by Crippen LogP contribution is 2.44. The number of ether oxygens (including phenoxy) is 1. The summed E-state index contributed by atoms with van der Waals surface area (Å²) in [4.78, 5) is 10.1. The van der Waals surface area contributed by atoms with Gasteiger partial charge >= 0.3 is 0 Å². The Kier molecular flexibility index (Phi) is 8.09. The van der Waals surface area contributed by atoms with Crippen LogP contribution in [-0.2, 0) is 16.2 Å². The number of hydrogen-bond donors (Lipinski definition) is 0. The van der Waals surface area contributed by atoms with Gasteiger partial charge in [-0.25, -0.2) is 4.98 Å². The SMILES string of the molecule is [2H]c1nc(-c2cc(-c3cccc4c3nc(-c3cc(C)cc(C)c3OC)n4-c3cc(C(C)(C)C)ccc3-c3ccc(C(C)(C)C)cc3)cc(C(C)(C)C)c2)c([2H])c(-c2c([2H])c([2H])c(C([2H])([2H])[2H])c([2H])c2[2H])c1[2H]. The van der Waals surface area contributed by atoms with E-state index in [-0.39, 0.29) is 22.1 Å². The van der Waals surface area contributed by atoms with Crippen molar-refractivity contribution >= 4 is 11.0 Å². The number of methoxy groups -OCH3 is 1. The van der Waals surface area contributed by atoms with Crippen molar-refractivity contribution in [3.05, 3.63) is 167 Å². The molecule has 4 heteroatoms. The monoisotopic (exact) mass is 826 g/mol. The first-order valence-electron chi connectivity index (χ1n) is 26.1. The molecule has 2 heterocycles. The van der Waals surface area contributed by atoms with Crippen LogP contribution in [-0.4, -0.2) is 21.6 Å². The number of nitrogens with zero attached hydrogens (tertiary/aromatic N) is 3. The summed E-state index contributed by atoms with van der Waals surface area (Å²) in [6.07, 6.45) is -0.551. The second kappa shape index (κ2) is 15.9. The average molecular weight is 826 g/mol. The zero-order chi connectivity index (χ0) is 52.9. The maximum absolute atomic E-state index is 9.60. The fourth-order valence-electron chi connectivity index (χ4n) is 8.09. The molecule has 2 aromatic heterocycles. The van der Waals surface area contributed by atoms with E-state index in [1.54, 1.807) is 7.11 Å². The second-order valence-electron chi connectivity index (χ2n) is 19.4. The topological polar surface area (TPSA) is 39.9 Å². The van der Waals surface area contributed by atoms with Crippen molar-refractivity contribution in [3.63, 3.8) is 0 Å². The van der Waals surface area contributed by atoms with E-state index in [2.05, 4.69) is 146 Å². The van der Waals surface area contributed by atoms with Crippen LogP contribution in [0.4, 0.5) is 0 Å². The third kappa shape index (κ3) is 8.23. The summed E-state index contributed by atoms with van der Waals surface area (Å²) in [5, 5.41) is 0. The minimum atomic E-state index is -2.96. The van der Waals surface area contributed by atoms with Gasteiger partial charge in [-0.15, -0.1) is 0 Å². The van der Waals surface area contributed by atoms with Crippen molar-refractivity contribution in [1.82, 2.24) is 14.5 Å². The van der Waals surface area contributed by atoms with Gasteiger partial charge < -0.3 is 4.74 Å². The molecule has 6 aromatic carbocycles. The molecule has 0 bridgehead atoms. The van der Waals surface area contributed by atoms with Crippen LogP contribution in [0.1, 0.15) is 109 Å². The third-order valence-corrected chi connectivity index (χ3v) is 11.6. The molecule has 0 spiro atoms. The van der Waals surface area contributed by atoms with E-state index >= 15 is 0 Å². The molecule has 0 N–H and O–H groups in total. The van der Waals surface area contributed by atoms with Gasteiger partial charge in [0.25, 0.3) is 0 Å². The molecule has 0 aliphatic rings. The molecule has 0 atom stereocenters. The Balaban J connectivity index is 1.46. The van der Waals surface area contributed by atoms with Gasteiger partial charge in [0.2, 0.25) is 0 Å². The lowest BCUT2D eigenvalue weighted by Gasteiger charge is -2.24. The minimum absolute atomic E-state index is 0.0189. The molecule has 0 radical (unpaired) electrons. The molecule has 0 unspecified atom stereocenters. The number of para-hydroxylation sites is 1. The Labute approximate surface area is 383 Å². The van der Waals surface area contributed by atoms with E-state index < -0.39 is 65.8 Å². The number of fused-ring (bicyclic) bond motifs is 1. The predicted octanol–water partition coefficient (Wildman–Crippen LogP) is 15.6. The van der Waals surface area contributed by atoms with Crippen molar-refractivity contribution in [2.24, 2.45) is 0 Å². The number of imidazole rings is 1.